The number of carbonyl (C=O) groups excluding carboxylic acids is 1. The summed E-state index contributed by atoms with van der Waals surface area (Å²) < 4.78 is 4.39. The fraction of sp³-hybridized carbons (Fsp3) is 0.143. The van der Waals surface area contributed by atoms with Gasteiger partial charge in [-0.3, -0.25) is 0 Å². The van der Waals surface area contributed by atoms with Crippen LogP contribution in [0.3, 0.4) is 0 Å². The maximum Gasteiger partial charge on any atom is 0.337 e. The highest BCUT2D eigenvalue weighted by Crippen LogP contribution is 2.02. The van der Waals surface area contributed by atoms with Gasteiger partial charge < -0.3 is 9.84 Å². The van der Waals surface area contributed by atoms with Gasteiger partial charge in [-0.1, -0.05) is 0 Å². The van der Waals surface area contributed by atoms with Gasteiger partial charge in [-0.05, 0) is 24.6 Å². The molecule has 0 unspecified atom stereocenters. The third-order valence-corrected chi connectivity index (χ3v) is 1.08. The number of carboxylic acids is 1. The number of halogens is 1. The maximum absolute atomic E-state index is 10.6. The quantitative estimate of drug-likeness (QED) is 0.414. The second-order valence-electron chi connectivity index (χ2n) is 1.69. The van der Waals surface area contributed by atoms with Crippen LogP contribution in [0, 0.1) is 0 Å². The highest BCUT2D eigenvalue weighted by atomic mass is 35.5. The Balaban J connectivity index is 3.99. The number of carboxylic acid groups (broad SMARTS) is 1. The summed E-state index contributed by atoms with van der Waals surface area (Å²) in [4.78, 5) is 20.5. The molecule has 0 aromatic heterocycles. The minimum absolute atomic E-state index is 0.0879. The first-order chi connectivity index (χ1) is 5.56. The molecular formula is C7H7ClO4. The van der Waals surface area contributed by atoms with Gasteiger partial charge in [0.1, 0.15) is 0 Å². The number of allylic oxidation sites excluding steroid dienone is 1. The standard InChI is InChI=1S/C7H7ClO4/c1-2-5(8)12-7(11)4-3-6(9)10/h2-4H,1H3,(H,9,10)/b4-3-,5-2+. The van der Waals surface area contributed by atoms with E-state index in [1.165, 1.54) is 6.08 Å². The molecule has 0 amide bonds. The summed E-state index contributed by atoms with van der Waals surface area (Å²) in [7, 11) is 0. The summed E-state index contributed by atoms with van der Waals surface area (Å²) in [6.07, 6.45) is 2.81. The monoisotopic (exact) mass is 190 g/mol. The molecule has 4 nitrogen and oxygen atoms in total. The number of esters is 1. The highest BCUT2D eigenvalue weighted by molar-refractivity contribution is 6.29. The van der Waals surface area contributed by atoms with Crippen molar-refractivity contribution in [2.45, 2.75) is 6.92 Å². The van der Waals surface area contributed by atoms with Crippen molar-refractivity contribution in [3.63, 3.8) is 0 Å². The molecule has 0 saturated heterocycles. The van der Waals surface area contributed by atoms with E-state index in [0.717, 1.165) is 6.08 Å². The Kier molecular flexibility index (Phi) is 4.79. The molecule has 0 aromatic rings. The van der Waals surface area contributed by atoms with E-state index in [2.05, 4.69) is 4.74 Å². The zero-order valence-electron chi connectivity index (χ0n) is 6.28. The molecule has 0 aliphatic rings. The fourth-order valence-electron chi connectivity index (χ4n) is 0.328. The van der Waals surface area contributed by atoms with Crippen LogP contribution in [0.25, 0.3) is 0 Å². The lowest BCUT2D eigenvalue weighted by Crippen LogP contribution is -1.98. The van der Waals surface area contributed by atoms with Crippen LogP contribution in [0.1, 0.15) is 6.92 Å². The average molecular weight is 191 g/mol. The van der Waals surface area contributed by atoms with Gasteiger partial charge in [-0.2, -0.15) is 0 Å². The molecule has 12 heavy (non-hydrogen) atoms. The van der Waals surface area contributed by atoms with Crippen molar-refractivity contribution in [3.8, 4) is 0 Å². The maximum atomic E-state index is 10.6. The Morgan fingerprint density at radius 2 is 2.00 bits per heavy atom. The predicted molar refractivity (Wildman–Crippen MR) is 42.5 cm³/mol. The first kappa shape index (κ1) is 10.7. The second-order valence-corrected chi connectivity index (χ2v) is 2.06. The zero-order chi connectivity index (χ0) is 9.56. The molecule has 0 aromatic carbocycles. The largest absolute Gasteiger partial charge is 0.478 e. The van der Waals surface area contributed by atoms with Gasteiger partial charge in [-0.15, -0.1) is 0 Å². The van der Waals surface area contributed by atoms with E-state index >= 15 is 0 Å². The third-order valence-electron chi connectivity index (χ3n) is 0.787. The van der Waals surface area contributed by atoms with Crippen LogP contribution in [0.15, 0.2) is 23.4 Å². The van der Waals surface area contributed by atoms with Gasteiger partial charge in [-0.25, -0.2) is 9.59 Å². The number of carbonyl (C=O) groups is 2. The summed E-state index contributed by atoms with van der Waals surface area (Å²) in [6.45, 7) is 1.58. The average Bonchev–Trinajstić information content (AvgIpc) is 2.00. The lowest BCUT2D eigenvalue weighted by Gasteiger charge is -1.95. The van der Waals surface area contributed by atoms with Gasteiger partial charge >= 0.3 is 11.9 Å². The molecule has 0 aliphatic carbocycles. The third kappa shape index (κ3) is 5.49. The lowest BCUT2D eigenvalue weighted by molar-refractivity contribution is -0.135. The topological polar surface area (TPSA) is 63.6 Å². The van der Waals surface area contributed by atoms with Crippen molar-refractivity contribution in [1.29, 1.82) is 0 Å². The minimum Gasteiger partial charge on any atom is -0.478 e. The number of rotatable bonds is 3. The molecule has 66 valence electrons. The summed E-state index contributed by atoms with van der Waals surface area (Å²) in [6, 6.07) is 0. The van der Waals surface area contributed by atoms with Gasteiger partial charge in [0, 0.05) is 12.2 Å². The van der Waals surface area contributed by atoms with Crippen LogP contribution in [-0.4, -0.2) is 17.0 Å². The molecule has 0 bridgehead atoms. The number of ether oxygens (including phenoxy) is 1. The van der Waals surface area contributed by atoms with Gasteiger partial charge in [0.05, 0.1) is 0 Å². The van der Waals surface area contributed by atoms with Crippen LogP contribution < -0.4 is 0 Å². The molecule has 0 fully saturated rings. The van der Waals surface area contributed by atoms with Crippen molar-refractivity contribution < 1.29 is 19.4 Å². The summed E-state index contributed by atoms with van der Waals surface area (Å²) in [5.74, 6) is -2.04. The molecular weight excluding hydrogens is 184 g/mol. The van der Waals surface area contributed by atoms with E-state index in [0.29, 0.717) is 6.08 Å². The van der Waals surface area contributed by atoms with Crippen LogP contribution in [0.2, 0.25) is 0 Å². The molecule has 0 rings (SSSR count). The Bertz CT molecular complexity index is 242. The Hall–Kier alpha value is -1.29. The Morgan fingerprint density at radius 1 is 1.42 bits per heavy atom. The van der Waals surface area contributed by atoms with Crippen molar-refractivity contribution >= 4 is 23.5 Å². The molecule has 0 atom stereocenters. The van der Waals surface area contributed by atoms with Crippen molar-refractivity contribution in [2.24, 2.45) is 0 Å². The summed E-state index contributed by atoms with van der Waals surface area (Å²) in [5, 5.41) is 8.02. The Labute approximate surface area is 74.1 Å². The minimum atomic E-state index is -1.22. The van der Waals surface area contributed by atoms with Crippen LogP contribution in [-0.2, 0) is 14.3 Å². The van der Waals surface area contributed by atoms with E-state index in [1.807, 2.05) is 0 Å². The van der Waals surface area contributed by atoms with Crippen LogP contribution in [0.4, 0.5) is 0 Å². The first-order valence-electron chi connectivity index (χ1n) is 3.01. The second kappa shape index (κ2) is 5.37. The molecule has 1 N–H and O–H groups in total. The SMILES string of the molecule is C/C=C(\Cl)OC(=O)/C=C\C(=O)O. The first-order valence-corrected chi connectivity index (χ1v) is 3.38. The Morgan fingerprint density at radius 3 is 2.42 bits per heavy atom. The number of hydrogen-bond donors (Lipinski definition) is 1. The van der Waals surface area contributed by atoms with E-state index in [9.17, 15) is 9.59 Å². The van der Waals surface area contributed by atoms with E-state index in [4.69, 9.17) is 16.7 Å². The molecule has 0 spiro atoms. The van der Waals surface area contributed by atoms with Gasteiger partial charge in [0.2, 0.25) is 0 Å². The smallest absolute Gasteiger partial charge is 0.337 e. The molecule has 0 heterocycles. The molecule has 0 aliphatic heterocycles. The van der Waals surface area contributed by atoms with E-state index in [1.54, 1.807) is 6.92 Å². The number of aliphatic carboxylic acids is 1. The summed E-state index contributed by atoms with van der Waals surface area (Å²) in [5.41, 5.74) is 0. The van der Waals surface area contributed by atoms with Crippen LogP contribution >= 0.6 is 11.6 Å². The van der Waals surface area contributed by atoms with Crippen molar-refractivity contribution in [2.75, 3.05) is 0 Å². The van der Waals surface area contributed by atoms with Crippen LogP contribution in [0.5, 0.6) is 0 Å². The molecule has 5 heteroatoms. The fourth-order valence-corrected chi connectivity index (χ4v) is 0.404. The molecule has 0 saturated carbocycles. The van der Waals surface area contributed by atoms with Crippen molar-refractivity contribution in [3.05, 3.63) is 23.4 Å². The zero-order valence-corrected chi connectivity index (χ0v) is 7.04. The number of hydrogen-bond acceptors (Lipinski definition) is 3. The van der Waals surface area contributed by atoms with E-state index in [-0.39, 0.29) is 5.22 Å². The van der Waals surface area contributed by atoms with Crippen molar-refractivity contribution in [1.82, 2.24) is 0 Å². The lowest BCUT2D eigenvalue weighted by atomic mass is 10.5. The normalized spacial score (nSPS) is 11.7. The highest BCUT2D eigenvalue weighted by Gasteiger charge is 1.99. The van der Waals surface area contributed by atoms with Gasteiger partial charge in [0.25, 0.3) is 0 Å². The van der Waals surface area contributed by atoms with E-state index < -0.39 is 11.9 Å². The summed E-state index contributed by atoms with van der Waals surface area (Å²) >= 11 is 5.31. The predicted octanol–water partition coefficient (Wildman–Crippen LogP) is 1.27. The molecule has 0 radical (unpaired) electrons. The van der Waals surface area contributed by atoms with Gasteiger partial charge in [0.15, 0.2) is 5.22 Å².